The average Bonchev–Trinajstić information content (AvgIpc) is 3.01. The van der Waals surface area contributed by atoms with E-state index in [9.17, 15) is 13.2 Å². The number of fused-ring (bicyclic) bond motifs is 1. The van der Waals surface area contributed by atoms with E-state index in [4.69, 9.17) is 0 Å². The first-order chi connectivity index (χ1) is 12.4. The number of hydrogen-bond acceptors (Lipinski definition) is 2. The largest absolute Gasteiger partial charge is 0.418 e. The SMILES string of the molecule is CN1CCC(c2nn(-c3ccccc3C(F)(F)F)c3ccccc23)CC1. The molecule has 1 aliphatic heterocycles. The highest BCUT2D eigenvalue weighted by Gasteiger charge is 2.34. The van der Waals surface area contributed by atoms with Crippen molar-refractivity contribution < 1.29 is 13.2 Å². The Morgan fingerprint density at radius 1 is 0.962 bits per heavy atom. The Balaban J connectivity index is 1.88. The van der Waals surface area contributed by atoms with Gasteiger partial charge in [0.2, 0.25) is 0 Å². The van der Waals surface area contributed by atoms with Crippen molar-refractivity contribution in [2.45, 2.75) is 24.9 Å². The van der Waals surface area contributed by atoms with Crippen LogP contribution in [0.5, 0.6) is 0 Å². The minimum absolute atomic E-state index is 0.0791. The van der Waals surface area contributed by atoms with E-state index in [2.05, 4.69) is 17.0 Å². The van der Waals surface area contributed by atoms with Crippen LogP contribution in [-0.2, 0) is 6.18 Å². The fourth-order valence-electron chi connectivity index (χ4n) is 3.76. The van der Waals surface area contributed by atoms with Gasteiger partial charge >= 0.3 is 6.18 Å². The van der Waals surface area contributed by atoms with Crippen molar-refractivity contribution >= 4 is 10.9 Å². The van der Waals surface area contributed by atoms with Crippen LogP contribution in [0.15, 0.2) is 48.5 Å². The zero-order valence-corrected chi connectivity index (χ0v) is 14.5. The second-order valence-corrected chi connectivity index (χ2v) is 6.91. The molecule has 1 aliphatic rings. The highest BCUT2D eigenvalue weighted by Crippen LogP contribution is 2.37. The van der Waals surface area contributed by atoms with Crippen molar-refractivity contribution in [2.24, 2.45) is 0 Å². The average molecular weight is 359 g/mol. The Labute approximate surface area is 150 Å². The molecule has 1 aromatic heterocycles. The highest BCUT2D eigenvalue weighted by molar-refractivity contribution is 5.84. The summed E-state index contributed by atoms with van der Waals surface area (Å²) in [7, 11) is 2.09. The third-order valence-corrected chi connectivity index (χ3v) is 5.16. The minimum atomic E-state index is -4.42. The standard InChI is InChI=1S/C20H20F3N3/c1-25-12-10-14(11-13-25)19-15-6-2-4-8-17(15)26(24-19)18-9-5-3-7-16(18)20(21,22)23/h2-9,14H,10-13H2,1H3. The van der Waals surface area contributed by atoms with Crippen molar-refractivity contribution in [3.63, 3.8) is 0 Å². The van der Waals surface area contributed by atoms with Crippen LogP contribution < -0.4 is 0 Å². The summed E-state index contributed by atoms with van der Waals surface area (Å²) in [4.78, 5) is 2.27. The molecular weight excluding hydrogens is 339 g/mol. The van der Waals surface area contributed by atoms with Crippen LogP contribution in [0.1, 0.15) is 30.0 Å². The van der Waals surface area contributed by atoms with Crippen LogP contribution in [0.2, 0.25) is 0 Å². The van der Waals surface area contributed by atoms with E-state index in [-0.39, 0.29) is 11.6 Å². The molecule has 0 aliphatic carbocycles. The molecule has 0 N–H and O–H groups in total. The van der Waals surface area contributed by atoms with E-state index < -0.39 is 11.7 Å². The molecule has 0 saturated carbocycles. The molecule has 136 valence electrons. The molecule has 3 aromatic rings. The van der Waals surface area contributed by atoms with Gasteiger partial charge in [-0.05, 0) is 51.2 Å². The predicted molar refractivity (Wildman–Crippen MR) is 95.5 cm³/mol. The summed E-state index contributed by atoms with van der Waals surface area (Å²) in [6, 6.07) is 13.2. The molecule has 1 fully saturated rings. The number of alkyl halides is 3. The van der Waals surface area contributed by atoms with Crippen molar-refractivity contribution in [2.75, 3.05) is 20.1 Å². The zero-order chi connectivity index (χ0) is 18.3. The van der Waals surface area contributed by atoms with Gasteiger partial charge in [-0.2, -0.15) is 18.3 Å². The normalized spacial score (nSPS) is 17.1. The summed E-state index contributed by atoms with van der Waals surface area (Å²) in [6.45, 7) is 1.95. The Hall–Kier alpha value is -2.34. The first-order valence-electron chi connectivity index (χ1n) is 8.78. The van der Waals surface area contributed by atoms with Crippen molar-refractivity contribution in [1.82, 2.24) is 14.7 Å². The lowest BCUT2D eigenvalue weighted by Gasteiger charge is -2.28. The molecule has 1 saturated heterocycles. The number of aromatic nitrogens is 2. The third kappa shape index (κ3) is 2.98. The van der Waals surface area contributed by atoms with E-state index in [1.54, 1.807) is 6.07 Å². The number of hydrogen-bond donors (Lipinski definition) is 0. The summed E-state index contributed by atoms with van der Waals surface area (Å²) < 4.78 is 41.9. The molecule has 2 heterocycles. The lowest BCUT2D eigenvalue weighted by Crippen LogP contribution is -2.29. The monoisotopic (exact) mass is 359 g/mol. The van der Waals surface area contributed by atoms with E-state index in [1.165, 1.54) is 16.8 Å². The van der Waals surface area contributed by atoms with Gasteiger partial charge in [0, 0.05) is 11.3 Å². The van der Waals surface area contributed by atoms with Crippen LogP contribution in [-0.4, -0.2) is 34.8 Å². The Kier molecular flexibility index (Phi) is 4.23. The smallest absolute Gasteiger partial charge is 0.306 e. The van der Waals surface area contributed by atoms with Gasteiger partial charge in [0.05, 0.1) is 22.5 Å². The van der Waals surface area contributed by atoms with Crippen LogP contribution >= 0.6 is 0 Å². The summed E-state index contributed by atoms with van der Waals surface area (Å²) in [5, 5.41) is 5.62. The van der Waals surface area contributed by atoms with Crippen molar-refractivity contribution in [3.8, 4) is 5.69 Å². The van der Waals surface area contributed by atoms with Gasteiger partial charge < -0.3 is 4.90 Å². The second-order valence-electron chi connectivity index (χ2n) is 6.91. The zero-order valence-electron chi connectivity index (χ0n) is 14.5. The maximum Gasteiger partial charge on any atom is 0.418 e. The first kappa shape index (κ1) is 17.1. The van der Waals surface area contributed by atoms with Crippen LogP contribution in [0, 0.1) is 0 Å². The van der Waals surface area contributed by atoms with Crippen LogP contribution in [0.3, 0.4) is 0 Å². The third-order valence-electron chi connectivity index (χ3n) is 5.16. The molecule has 4 rings (SSSR count). The Morgan fingerprint density at radius 2 is 1.62 bits per heavy atom. The van der Waals surface area contributed by atoms with E-state index in [1.807, 2.05) is 24.3 Å². The van der Waals surface area contributed by atoms with E-state index in [0.717, 1.165) is 48.6 Å². The van der Waals surface area contributed by atoms with Crippen molar-refractivity contribution in [3.05, 3.63) is 59.8 Å². The molecule has 0 spiro atoms. The summed E-state index contributed by atoms with van der Waals surface area (Å²) in [5.41, 5.74) is 1.04. The lowest BCUT2D eigenvalue weighted by molar-refractivity contribution is -0.137. The van der Waals surface area contributed by atoms with Crippen LogP contribution in [0.4, 0.5) is 13.2 Å². The summed E-state index contributed by atoms with van der Waals surface area (Å²) in [5.74, 6) is 0.274. The fourth-order valence-corrected chi connectivity index (χ4v) is 3.76. The predicted octanol–water partition coefficient (Wildman–Crippen LogP) is 4.85. The molecular formula is C20H20F3N3. The Morgan fingerprint density at radius 3 is 2.35 bits per heavy atom. The molecule has 0 atom stereocenters. The van der Waals surface area contributed by atoms with Gasteiger partial charge in [-0.1, -0.05) is 30.3 Å². The maximum atomic E-state index is 13.5. The van der Waals surface area contributed by atoms with Gasteiger partial charge in [0.15, 0.2) is 0 Å². The van der Waals surface area contributed by atoms with Gasteiger partial charge in [-0.3, -0.25) is 0 Å². The number of benzene rings is 2. The molecule has 6 heteroatoms. The summed E-state index contributed by atoms with van der Waals surface area (Å²) in [6.07, 6.45) is -2.48. The molecule has 3 nitrogen and oxygen atoms in total. The van der Waals surface area contributed by atoms with Gasteiger partial charge in [-0.15, -0.1) is 0 Å². The molecule has 0 radical (unpaired) electrons. The Bertz CT molecular complexity index is 921. The first-order valence-corrected chi connectivity index (χ1v) is 8.78. The molecule has 0 amide bonds. The topological polar surface area (TPSA) is 21.1 Å². The van der Waals surface area contributed by atoms with Crippen LogP contribution in [0.25, 0.3) is 16.6 Å². The number of likely N-dealkylation sites (tertiary alicyclic amines) is 1. The minimum Gasteiger partial charge on any atom is -0.306 e. The highest BCUT2D eigenvalue weighted by atomic mass is 19.4. The molecule has 2 aromatic carbocycles. The van der Waals surface area contributed by atoms with Crippen molar-refractivity contribution in [1.29, 1.82) is 0 Å². The number of nitrogens with zero attached hydrogens (tertiary/aromatic N) is 3. The number of rotatable bonds is 2. The number of halogens is 3. The van der Waals surface area contributed by atoms with E-state index in [0.29, 0.717) is 0 Å². The lowest BCUT2D eigenvalue weighted by atomic mass is 9.92. The second kappa shape index (κ2) is 6.43. The number of para-hydroxylation sites is 2. The molecule has 26 heavy (non-hydrogen) atoms. The maximum absolute atomic E-state index is 13.5. The number of piperidine rings is 1. The van der Waals surface area contributed by atoms with E-state index >= 15 is 0 Å². The molecule has 0 unspecified atom stereocenters. The van der Waals surface area contributed by atoms with Gasteiger partial charge in [0.25, 0.3) is 0 Å². The molecule has 0 bridgehead atoms. The van der Waals surface area contributed by atoms with Gasteiger partial charge in [0.1, 0.15) is 0 Å². The fraction of sp³-hybridized carbons (Fsp3) is 0.350. The van der Waals surface area contributed by atoms with Gasteiger partial charge in [-0.25, -0.2) is 4.68 Å². The summed E-state index contributed by atoms with van der Waals surface area (Å²) >= 11 is 0. The quantitative estimate of drug-likeness (QED) is 0.652.